The number of carboxylic acid groups (broad SMARTS) is 1. The second kappa shape index (κ2) is 5.91. The van der Waals surface area contributed by atoms with Crippen LogP contribution in [0.15, 0.2) is 36.5 Å². The second-order valence-corrected chi connectivity index (χ2v) is 6.58. The standard InChI is InChI=1S/C18H17N5O3/c1-11-15(16(24)20-10-18(6-7-18)17(25)26)21-22-23(11)13-4-5-14-12(9-13)3-2-8-19-14/h2-5,8-9H,6-7,10H2,1H3,(H,20,24)(H,25,26). The Morgan fingerprint density at radius 3 is 2.85 bits per heavy atom. The van der Waals surface area contributed by atoms with Crippen LogP contribution < -0.4 is 5.32 Å². The van der Waals surface area contributed by atoms with Gasteiger partial charge in [-0.3, -0.25) is 14.6 Å². The first kappa shape index (κ1) is 16.2. The first-order valence-electron chi connectivity index (χ1n) is 8.29. The Balaban J connectivity index is 1.57. The molecule has 8 heteroatoms. The summed E-state index contributed by atoms with van der Waals surface area (Å²) < 4.78 is 1.59. The van der Waals surface area contributed by atoms with Crippen molar-refractivity contribution in [3.05, 3.63) is 47.9 Å². The Morgan fingerprint density at radius 1 is 1.31 bits per heavy atom. The molecule has 1 aromatic carbocycles. The number of carbonyl (C=O) groups excluding carboxylic acids is 1. The lowest BCUT2D eigenvalue weighted by Crippen LogP contribution is -2.34. The minimum Gasteiger partial charge on any atom is -0.481 e. The molecule has 0 atom stereocenters. The lowest BCUT2D eigenvalue weighted by Gasteiger charge is -2.10. The van der Waals surface area contributed by atoms with Crippen molar-refractivity contribution in [1.29, 1.82) is 0 Å². The average molecular weight is 351 g/mol. The van der Waals surface area contributed by atoms with Crippen molar-refractivity contribution < 1.29 is 14.7 Å². The van der Waals surface area contributed by atoms with Crippen LogP contribution in [0.25, 0.3) is 16.6 Å². The summed E-state index contributed by atoms with van der Waals surface area (Å²) in [5, 5.41) is 20.9. The zero-order valence-corrected chi connectivity index (χ0v) is 14.1. The molecule has 0 unspecified atom stereocenters. The summed E-state index contributed by atoms with van der Waals surface area (Å²) in [5.74, 6) is -1.29. The van der Waals surface area contributed by atoms with Crippen LogP contribution in [0.2, 0.25) is 0 Å². The topological polar surface area (TPSA) is 110 Å². The van der Waals surface area contributed by atoms with E-state index >= 15 is 0 Å². The second-order valence-electron chi connectivity index (χ2n) is 6.58. The molecule has 8 nitrogen and oxygen atoms in total. The van der Waals surface area contributed by atoms with Crippen LogP contribution in [0.5, 0.6) is 0 Å². The van der Waals surface area contributed by atoms with Crippen LogP contribution in [0.1, 0.15) is 29.0 Å². The van der Waals surface area contributed by atoms with Gasteiger partial charge < -0.3 is 10.4 Å². The van der Waals surface area contributed by atoms with Crippen LogP contribution >= 0.6 is 0 Å². The number of carboxylic acids is 1. The lowest BCUT2D eigenvalue weighted by molar-refractivity contribution is -0.143. The third kappa shape index (κ3) is 2.69. The summed E-state index contributed by atoms with van der Waals surface area (Å²) >= 11 is 0. The van der Waals surface area contributed by atoms with E-state index < -0.39 is 17.3 Å². The lowest BCUT2D eigenvalue weighted by atomic mass is 10.1. The molecule has 0 bridgehead atoms. The van der Waals surface area contributed by atoms with E-state index in [1.54, 1.807) is 17.8 Å². The van der Waals surface area contributed by atoms with Crippen molar-refractivity contribution >= 4 is 22.8 Å². The zero-order chi connectivity index (χ0) is 18.3. The van der Waals surface area contributed by atoms with Gasteiger partial charge in [-0.2, -0.15) is 0 Å². The number of aliphatic carboxylic acids is 1. The van der Waals surface area contributed by atoms with Gasteiger partial charge in [-0.15, -0.1) is 5.10 Å². The fourth-order valence-corrected chi connectivity index (χ4v) is 2.93. The molecule has 0 spiro atoms. The molecular formula is C18H17N5O3. The number of benzene rings is 1. The van der Waals surface area contributed by atoms with Crippen molar-refractivity contribution in [3.8, 4) is 5.69 Å². The number of carbonyl (C=O) groups is 2. The molecule has 2 heterocycles. The SMILES string of the molecule is Cc1c(C(=O)NCC2(C(=O)O)CC2)nnn1-c1ccc2ncccc2c1. The number of nitrogens with zero attached hydrogens (tertiary/aromatic N) is 4. The van der Waals surface area contributed by atoms with Crippen molar-refractivity contribution in [2.45, 2.75) is 19.8 Å². The van der Waals surface area contributed by atoms with E-state index in [0.717, 1.165) is 16.6 Å². The predicted molar refractivity (Wildman–Crippen MR) is 93.0 cm³/mol. The minimum absolute atomic E-state index is 0.106. The monoisotopic (exact) mass is 351 g/mol. The van der Waals surface area contributed by atoms with Gasteiger partial charge in [0.2, 0.25) is 0 Å². The van der Waals surface area contributed by atoms with Crippen LogP contribution in [0, 0.1) is 12.3 Å². The Labute approximate surface area is 148 Å². The van der Waals surface area contributed by atoms with Gasteiger partial charge in [0.05, 0.1) is 22.3 Å². The van der Waals surface area contributed by atoms with Crippen molar-refractivity contribution in [2.24, 2.45) is 5.41 Å². The number of hydrogen-bond donors (Lipinski definition) is 2. The third-order valence-electron chi connectivity index (χ3n) is 4.84. The first-order chi connectivity index (χ1) is 12.5. The summed E-state index contributed by atoms with van der Waals surface area (Å²) in [5.41, 5.74) is 1.61. The normalized spacial score (nSPS) is 15.0. The average Bonchev–Trinajstić information content (AvgIpc) is 3.35. The number of hydrogen-bond acceptors (Lipinski definition) is 5. The van der Waals surface area contributed by atoms with Crippen LogP contribution in [0.4, 0.5) is 0 Å². The Hall–Kier alpha value is -3.29. The number of pyridine rings is 1. The van der Waals surface area contributed by atoms with Gasteiger partial charge in [-0.05, 0) is 44.0 Å². The molecule has 0 aliphatic heterocycles. The molecule has 0 saturated heterocycles. The van der Waals surface area contributed by atoms with E-state index in [1.807, 2.05) is 30.3 Å². The summed E-state index contributed by atoms with van der Waals surface area (Å²) in [6.07, 6.45) is 2.90. The van der Waals surface area contributed by atoms with Gasteiger partial charge in [0, 0.05) is 18.1 Å². The third-order valence-corrected chi connectivity index (χ3v) is 4.84. The van der Waals surface area contributed by atoms with E-state index in [2.05, 4.69) is 20.6 Å². The predicted octanol–water partition coefficient (Wildman–Crippen LogP) is 1.72. The van der Waals surface area contributed by atoms with Crippen LogP contribution in [-0.2, 0) is 4.79 Å². The van der Waals surface area contributed by atoms with Crippen molar-refractivity contribution in [2.75, 3.05) is 6.54 Å². The van der Waals surface area contributed by atoms with Gasteiger partial charge in [0.1, 0.15) is 0 Å². The molecule has 1 aliphatic carbocycles. The van der Waals surface area contributed by atoms with Gasteiger partial charge in [0.25, 0.3) is 5.91 Å². The molecule has 1 fully saturated rings. The zero-order valence-electron chi connectivity index (χ0n) is 14.1. The molecule has 0 radical (unpaired) electrons. The van der Waals surface area contributed by atoms with Crippen LogP contribution in [0.3, 0.4) is 0 Å². The quantitative estimate of drug-likeness (QED) is 0.724. The smallest absolute Gasteiger partial charge is 0.311 e. The molecule has 2 N–H and O–H groups in total. The highest BCUT2D eigenvalue weighted by molar-refractivity contribution is 5.94. The van der Waals surface area contributed by atoms with E-state index in [-0.39, 0.29) is 12.2 Å². The fourth-order valence-electron chi connectivity index (χ4n) is 2.93. The number of nitrogens with one attached hydrogen (secondary N) is 1. The largest absolute Gasteiger partial charge is 0.481 e. The first-order valence-corrected chi connectivity index (χ1v) is 8.29. The van der Waals surface area contributed by atoms with E-state index in [0.29, 0.717) is 18.5 Å². The molecule has 132 valence electrons. The highest BCUT2D eigenvalue weighted by atomic mass is 16.4. The maximum absolute atomic E-state index is 12.4. The maximum atomic E-state index is 12.4. The summed E-state index contributed by atoms with van der Waals surface area (Å²) in [7, 11) is 0. The summed E-state index contributed by atoms with van der Waals surface area (Å²) in [4.78, 5) is 27.9. The molecular weight excluding hydrogens is 334 g/mol. The molecule has 1 amide bonds. The fraction of sp³-hybridized carbons (Fsp3) is 0.278. The molecule has 2 aromatic heterocycles. The van der Waals surface area contributed by atoms with E-state index in [9.17, 15) is 14.7 Å². The highest BCUT2D eigenvalue weighted by Gasteiger charge is 2.50. The van der Waals surface area contributed by atoms with Gasteiger partial charge in [-0.25, -0.2) is 4.68 Å². The van der Waals surface area contributed by atoms with Crippen LogP contribution in [-0.4, -0.2) is 43.5 Å². The van der Waals surface area contributed by atoms with Gasteiger partial charge in [-0.1, -0.05) is 11.3 Å². The summed E-state index contributed by atoms with van der Waals surface area (Å²) in [6.45, 7) is 1.86. The molecule has 1 aliphatic rings. The maximum Gasteiger partial charge on any atom is 0.311 e. The molecule has 1 saturated carbocycles. The Bertz CT molecular complexity index is 1020. The number of amides is 1. The Kier molecular flexibility index (Phi) is 3.68. The highest BCUT2D eigenvalue weighted by Crippen LogP contribution is 2.45. The summed E-state index contributed by atoms with van der Waals surface area (Å²) in [6, 6.07) is 9.48. The number of fused-ring (bicyclic) bond motifs is 1. The van der Waals surface area contributed by atoms with E-state index in [1.165, 1.54) is 0 Å². The van der Waals surface area contributed by atoms with Gasteiger partial charge >= 0.3 is 5.97 Å². The molecule has 3 aromatic rings. The minimum atomic E-state index is -0.872. The van der Waals surface area contributed by atoms with Crippen molar-refractivity contribution in [3.63, 3.8) is 0 Å². The Morgan fingerprint density at radius 2 is 2.12 bits per heavy atom. The number of rotatable bonds is 5. The molecule has 4 rings (SSSR count). The van der Waals surface area contributed by atoms with E-state index in [4.69, 9.17) is 0 Å². The molecule has 26 heavy (non-hydrogen) atoms. The van der Waals surface area contributed by atoms with Gasteiger partial charge in [0.15, 0.2) is 5.69 Å². The van der Waals surface area contributed by atoms with Crippen molar-refractivity contribution in [1.82, 2.24) is 25.3 Å². The number of aromatic nitrogens is 4.